The van der Waals surface area contributed by atoms with Crippen molar-refractivity contribution in [3.05, 3.63) is 65.2 Å². The summed E-state index contributed by atoms with van der Waals surface area (Å²) in [7, 11) is 0. The van der Waals surface area contributed by atoms with Crippen LogP contribution < -0.4 is 10.6 Å². The molecule has 0 fully saturated rings. The smallest absolute Gasteiger partial charge is 0.261 e. The van der Waals surface area contributed by atoms with Crippen molar-refractivity contribution >= 4 is 23.4 Å². The van der Waals surface area contributed by atoms with E-state index in [0.29, 0.717) is 29.7 Å². The van der Waals surface area contributed by atoms with Gasteiger partial charge >= 0.3 is 0 Å². The third-order valence-electron chi connectivity index (χ3n) is 8.66. The SMILES string of the molecule is CCCCCCCCCCCC(CCN(CCN(CC)CC)c1ccc(C(N)=O)cc1)N1C(=O)c2ccccc2C1=O. The zero-order valence-electron chi connectivity index (χ0n) is 26.2. The van der Waals surface area contributed by atoms with Crippen molar-refractivity contribution in [2.24, 2.45) is 5.73 Å². The number of amides is 3. The number of nitrogens with zero attached hydrogens (tertiary/aromatic N) is 3. The molecule has 2 N–H and O–H groups in total. The molecule has 3 amide bonds. The Labute approximate surface area is 253 Å². The van der Waals surface area contributed by atoms with Crippen LogP contribution in [0.2, 0.25) is 0 Å². The summed E-state index contributed by atoms with van der Waals surface area (Å²) < 4.78 is 0. The lowest BCUT2D eigenvalue weighted by Gasteiger charge is -2.32. The number of hydrogen-bond donors (Lipinski definition) is 1. The van der Waals surface area contributed by atoms with Gasteiger partial charge in [-0.15, -0.1) is 0 Å². The van der Waals surface area contributed by atoms with Crippen LogP contribution in [0, 0.1) is 0 Å². The number of rotatable bonds is 21. The van der Waals surface area contributed by atoms with Gasteiger partial charge in [0.2, 0.25) is 5.91 Å². The number of likely N-dealkylation sites (N-methyl/N-ethyl adjacent to an activating group) is 1. The molecule has 0 aliphatic carbocycles. The van der Waals surface area contributed by atoms with Gasteiger partial charge in [-0.2, -0.15) is 0 Å². The Morgan fingerprint density at radius 3 is 1.79 bits per heavy atom. The molecule has 1 atom stereocenters. The van der Waals surface area contributed by atoms with Gasteiger partial charge in [-0.25, -0.2) is 0 Å². The number of nitrogens with two attached hydrogens (primary N) is 1. The number of imide groups is 1. The Bertz CT molecular complexity index is 1090. The maximum absolute atomic E-state index is 13.5. The van der Waals surface area contributed by atoms with Crippen LogP contribution >= 0.6 is 0 Å². The highest BCUT2D eigenvalue weighted by atomic mass is 16.2. The van der Waals surface area contributed by atoms with Gasteiger partial charge in [-0.1, -0.05) is 90.7 Å². The molecule has 0 saturated carbocycles. The number of primary amides is 1. The van der Waals surface area contributed by atoms with Crippen LogP contribution in [0.3, 0.4) is 0 Å². The molecule has 2 aromatic rings. The molecule has 0 spiro atoms. The van der Waals surface area contributed by atoms with Crippen molar-refractivity contribution < 1.29 is 14.4 Å². The van der Waals surface area contributed by atoms with E-state index in [0.717, 1.165) is 51.1 Å². The maximum Gasteiger partial charge on any atom is 0.261 e. The summed E-state index contributed by atoms with van der Waals surface area (Å²) in [5.74, 6) is -0.781. The summed E-state index contributed by atoms with van der Waals surface area (Å²) in [6.07, 6.45) is 12.6. The molecule has 42 heavy (non-hydrogen) atoms. The minimum Gasteiger partial charge on any atom is -0.370 e. The Morgan fingerprint density at radius 1 is 0.714 bits per heavy atom. The van der Waals surface area contributed by atoms with Crippen LogP contribution in [0.4, 0.5) is 5.69 Å². The second kappa shape index (κ2) is 17.7. The van der Waals surface area contributed by atoms with E-state index in [1.807, 2.05) is 24.3 Å². The van der Waals surface area contributed by atoms with E-state index in [4.69, 9.17) is 5.73 Å². The van der Waals surface area contributed by atoms with E-state index in [1.54, 1.807) is 24.3 Å². The predicted molar refractivity (Wildman–Crippen MR) is 172 cm³/mol. The molecule has 7 heteroatoms. The molecule has 2 aromatic carbocycles. The predicted octanol–water partition coefficient (Wildman–Crippen LogP) is 6.91. The van der Waals surface area contributed by atoms with Crippen molar-refractivity contribution in [1.29, 1.82) is 0 Å². The zero-order chi connectivity index (χ0) is 30.3. The lowest BCUT2D eigenvalue weighted by atomic mass is 10.0. The minimum absolute atomic E-state index is 0.164. The number of benzene rings is 2. The molecule has 1 unspecified atom stereocenters. The molecule has 0 bridgehead atoms. The fraction of sp³-hybridized carbons (Fsp3) is 0.571. The largest absolute Gasteiger partial charge is 0.370 e. The fourth-order valence-electron chi connectivity index (χ4n) is 5.95. The van der Waals surface area contributed by atoms with Crippen LogP contribution in [-0.2, 0) is 0 Å². The first-order chi connectivity index (χ1) is 20.4. The molecule has 3 rings (SSSR count). The molecule has 0 saturated heterocycles. The number of anilines is 1. The molecule has 1 aliphatic rings. The molecule has 1 aliphatic heterocycles. The van der Waals surface area contributed by atoms with Gasteiger partial charge in [-0.05, 0) is 62.3 Å². The third kappa shape index (κ3) is 9.41. The monoisotopic (exact) mass is 576 g/mol. The number of unbranched alkanes of at least 4 members (excludes halogenated alkanes) is 8. The quantitative estimate of drug-likeness (QED) is 0.129. The van der Waals surface area contributed by atoms with Gasteiger partial charge in [0.15, 0.2) is 0 Å². The third-order valence-corrected chi connectivity index (χ3v) is 8.66. The Hall–Kier alpha value is -3.19. The standard InChI is InChI=1S/C35H52N4O3/c1-4-7-8-9-10-11-12-13-14-17-30(39-34(41)31-18-15-16-19-32(31)35(39)42)24-25-38(27-26-37(5-2)6-3)29-22-20-28(21-23-29)33(36)40/h15-16,18-23,30H,4-14,17,24-27H2,1-3H3,(H2,36,40). The first-order valence-electron chi connectivity index (χ1n) is 16.2. The minimum atomic E-state index is -0.442. The van der Waals surface area contributed by atoms with Crippen LogP contribution in [-0.4, -0.2) is 66.3 Å². The number of fused-ring (bicyclic) bond motifs is 1. The second-order valence-corrected chi connectivity index (χ2v) is 11.5. The summed E-state index contributed by atoms with van der Waals surface area (Å²) >= 11 is 0. The summed E-state index contributed by atoms with van der Waals surface area (Å²) in [6.45, 7) is 10.9. The lowest BCUT2D eigenvalue weighted by molar-refractivity contribution is 0.0566. The summed E-state index contributed by atoms with van der Waals surface area (Å²) in [4.78, 5) is 44.8. The van der Waals surface area contributed by atoms with Crippen LogP contribution in [0.1, 0.15) is 122 Å². The Morgan fingerprint density at radius 2 is 1.26 bits per heavy atom. The van der Waals surface area contributed by atoms with E-state index < -0.39 is 5.91 Å². The highest BCUT2D eigenvalue weighted by Crippen LogP contribution is 2.29. The molecular formula is C35H52N4O3. The number of hydrogen-bond acceptors (Lipinski definition) is 5. The molecule has 230 valence electrons. The Balaban J connectivity index is 1.71. The van der Waals surface area contributed by atoms with Gasteiger partial charge < -0.3 is 15.5 Å². The molecule has 0 aromatic heterocycles. The van der Waals surface area contributed by atoms with Crippen LogP contribution in [0.15, 0.2) is 48.5 Å². The zero-order valence-corrected chi connectivity index (χ0v) is 26.2. The van der Waals surface area contributed by atoms with Crippen molar-refractivity contribution in [1.82, 2.24) is 9.80 Å². The lowest BCUT2D eigenvalue weighted by Crippen LogP contribution is -2.43. The van der Waals surface area contributed by atoms with E-state index in [1.165, 1.54) is 49.8 Å². The molecule has 0 radical (unpaired) electrons. The van der Waals surface area contributed by atoms with Crippen molar-refractivity contribution in [2.75, 3.05) is 37.6 Å². The average Bonchev–Trinajstić information content (AvgIpc) is 3.26. The first kappa shape index (κ1) is 33.3. The van der Waals surface area contributed by atoms with Crippen molar-refractivity contribution in [2.45, 2.75) is 97.4 Å². The van der Waals surface area contributed by atoms with Crippen molar-refractivity contribution in [3.63, 3.8) is 0 Å². The number of carbonyl (C=O) groups excluding carboxylic acids is 3. The van der Waals surface area contributed by atoms with Crippen LogP contribution in [0.5, 0.6) is 0 Å². The van der Waals surface area contributed by atoms with E-state index in [9.17, 15) is 14.4 Å². The van der Waals surface area contributed by atoms with Gasteiger partial charge in [0.05, 0.1) is 11.1 Å². The van der Waals surface area contributed by atoms with E-state index >= 15 is 0 Å². The normalized spacial score (nSPS) is 13.6. The van der Waals surface area contributed by atoms with E-state index in [-0.39, 0.29) is 17.9 Å². The van der Waals surface area contributed by atoms with Gasteiger partial charge in [-0.3, -0.25) is 19.3 Å². The average molecular weight is 577 g/mol. The molecular weight excluding hydrogens is 524 g/mol. The Kier molecular flexibility index (Phi) is 14.0. The summed E-state index contributed by atoms with van der Waals surface area (Å²) in [5.41, 5.74) is 8.00. The van der Waals surface area contributed by atoms with Gasteiger partial charge in [0, 0.05) is 36.9 Å². The van der Waals surface area contributed by atoms with Gasteiger partial charge in [0.1, 0.15) is 0 Å². The topological polar surface area (TPSA) is 86.9 Å². The first-order valence-corrected chi connectivity index (χ1v) is 16.2. The maximum atomic E-state index is 13.5. The summed E-state index contributed by atoms with van der Waals surface area (Å²) in [6, 6.07) is 14.4. The fourth-order valence-corrected chi connectivity index (χ4v) is 5.95. The highest BCUT2D eigenvalue weighted by molar-refractivity contribution is 6.21. The van der Waals surface area contributed by atoms with Gasteiger partial charge in [0.25, 0.3) is 11.8 Å². The van der Waals surface area contributed by atoms with Crippen LogP contribution in [0.25, 0.3) is 0 Å². The molecule has 1 heterocycles. The van der Waals surface area contributed by atoms with Crippen molar-refractivity contribution in [3.8, 4) is 0 Å². The van der Waals surface area contributed by atoms with E-state index in [2.05, 4.69) is 30.6 Å². The number of carbonyl (C=O) groups is 3. The summed E-state index contributed by atoms with van der Waals surface area (Å²) in [5, 5.41) is 0. The second-order valence-electron chi connectivity index (χ2n) is 11.5. The molecule has 7 nitrogen and oxygen atoms in total. The highest BCUT2D eigenvalue weighted by Gasteiger charge is 2.39.